The highest BCUT2D eigenvalue weighted by atomic mass is 32.2. The van der Waals surface area contributed by atoms with Crippen LogP contribution in [0.5, 0.6) is 11.6 Å². The number of pyridine rings is 3. The fourth-order valence-electron chi connectivity index (χ4n) is 3.27. The van der Waals surface area contributed by atoms with Crippen LogP contribution in [0.25, 0.3) is 11.3 Å². The molecule has 0 spiro atoms. The van der Waals surface area contributed by atoms with Crippen molar-refractivity contribution in [1.82, 2.24) is 15.0 Å². The lowest BCUT2D eigenvalue weighted by molar-refractivity contribution is 0.458. The summed E-state index contributed by atoms with van der Waals surface area (Å²) in [6, 6.07) is 8.83. The summed E-state index contributed by atoms with van der Waals surface area (Å²) in [6.07, 6.45) is 6.40. The summed E-state index contributed by atoms with van der Waals surface area (Å²) in [5.41, 5.74) is 4.53. The van der Waals surface area contributed by atoms with Crippen molar-refractivity contribution >= 4 is 15.7 Å². The average molecular weight is 436 g/mol. The van der Waals surface area contributed by atoms with E-state index in [0.717, 1.165) is 30.4 Å². The molecule has 1 fully saturated rings. The Morgan fingerprint density at radius 2 is 1.94 bits per heavy atom. The summed E-state index contributed by atoms with van der Waals surface area (Å²) < 4.78 is 32.2. The third-order valence-electron chi connectivity index (χ3n) is 4.89. The van der Waals surface area contributed by atoms with Crippen LogP contribution < -0.4 is 9.46 Å². The molecule has 1 aliphatic carbocycles. The normalized spacial score (nSPS) is 13.5. The summed E-state index contributed by atoms with van der Waals surface area (Å²) in [5, 5.41) is 9.13. The van der Waals surface area contributed by atoms with Gasteiger partial charge in [0.25, 0.3) is 0 Å². The molecule has 1 saturated carbocycles. The van der Waals surface area contributed by atoms with Gasteiger partial charge >= 0.3 is 0 Å². The zero-order valence-electron chi connectivity index (χ0n) is 17.4. The van der Waals surface area contributed by atoms with E-state index in [1.54, 1.807) is 24.4 Å². The van der Waals surface area contributed by atoms with E-state index in [2.05, 4.69) is 14.7 Å². The Balaban J connectivity index is 1.76. The van der Waals surface area contributed by atoms with Crippen LogP contribution in [0.1, 0.15) is 41.3 Å². The second-order valence-electron chi connectivity index (χ2n) is 7.65. The molecule has 0 bridgehead atoms. The van der Waals surface area contributed by atoms with Gasteiger partial charge < -0.3 is 4.74 Å². The van der Waals surface area contributed by atoms with Crippen molar-refractivity contribution in [3.63, 3.8) is 0 Å². The van der Waals surface area contributed by atoms with Crippen molar-refractivity contribution in [2.24, 2.45) is 0 Å². The summed E-state index contributed by atoms with van der Waals surface area (Å²) in [7, 11) is -3.55. The van der Waals surface area contributed by atoms with Crippen LogP contribution in [-0.4, -0.2) is 29.6 Å². The highest BCUT2D eigenvalue weighted by Gasteiger charge is 2.27. The minimum atomic E-state index is -3.55. The lowest BCUT2D eigenvalue weighted by Gasteiger charge is -2.15. The highest BCUT2D eigenvalue weighted by molar-refractivity contribution is 7.92. The van der Waals surface area contributed by atoms with Crippen molar-refractivity contribution in [2.45, 2.75) is 32.6 Å². The molecule has 0 saturated heterocycles. The molecule has 0 unspecified atom stereocenters. The molecule has 0 atom stereocenters. The Hall–Kier alpha value is -3.51. The summed E-state index contributed by atoms with van der Waals surface area (Å²) >= 11 is 0. The van der Waals surface area contributed by atoms with Gasteiger partial charge in [0.2, 0.25) is 15.9 Å². The molecule has 0 amide bonds. The van der Waals surface area contributed by atoms with Crippen molar-refractivity contribution in [1.29, 1.82) is 5.26 Å². The van der Waals surface area contributed by atoms with E-state index < -0.39 is 10.0 Å². The van der Waals surface area contributed by atoms with E-state index >= 15 is 0 Å². The van der Waals surface area contributed by atoms with E-state index in [9.17, 15) is 8.42 Å². The van der Waals surface area contributed by atoms with Crippen LogP contribution in [0.3, 0.4) is 0 Å². The van der Waals surface area contributed by atoms with Crippen LogP contribution in [0.15, 0.2) is 36.7 Å². The number of nitrogens with zero attached hydrogens (tertiary/aromatic N) is 4. The van der Waals surface area contributed by atoms with Crippen molar-refractivity contribution in [2.75, 3.05) is 11.0 Å². The number of aryl methyl sites for hydroxylation is 2. The maximum atomic E-state index is 11.8. The van der Waals surface area contributed by atoms with Gasteiger partial charge in [-0.05, 0) is 56.5 Å². The van der Waals surface area contributed by atoms with Gasteiger partial charge in [-0.15, -0.1) is 0 Å². The number of hydrogen-bond acceptors (Lipinski definition) is 7. The second-order valence-corrected chi connectivity index (χ2v) is 9.40. The van der Waals surface area contributed by atoms with Gasteiger partial charge in [-0.2, -0.15) is 5.26 Å². The number of rotatable bonds is 6. The third-order valence-corrected chi connectivity index (χ3v) is 5.48. The average Bonchev–Trinajstić information content (AvgIpc) is 3.56. The summed E-state index contributed by atoms with van der Waals surface area (Å²) in [5.74, 6) is 1.11. The first-order chi connectivity index (χ1) is 14.7. The van der Waals surface area contributed by atoms with E-state index in [1.165, 1.54) is 6.20 Å². The lowest BCUT2D eigenvalue weighted by atomic mass is 10.1. The van der Waals surface area contributed by atoms with Gasteiger partial charge in [0, 0.05) is 29.6 Å². The van der Waals surface area contributed by atoms with E-state index in [4.69, 9.17) is 15.0 Å². The smallest absolute Gasteiger partial charge is 0.244 e. The standard InChI is InChI=1S/C22H21N5O3S/c1-13-8-20(14(2)25-21(13)16-4-5-16)30-22-19(27-31(3,28)29)7-6-18(26-22)17-9-15(10-23)11-24-12-17/h6-9,11-12,16,27H,4-5H2,1-3H3. The number of nitrogens with one attached hydrogen (secondary N) is 1. The van der Waals surface area contributed by atoms with Crippen LogP contribution in [-0.2, 0) is 10.0 Å². The molecule has 158 valence electrons. The fourth-order valence-corrected chi connectivity index (χ4v) is 3.83. The first kappa shape index (κ1) is 20.8. The zero-order chi connectivity index (χ0) is 22.2. The minimum absolute atomic E-state index is 0.0914. The molecular formula is C22H21N5O3S. The van der Waals surface area contributed by atoms with Gasteiger partial charge in [0.15, 0.2) is 5.75 Å². The van der Waals surface area contributed by atoms with Crippen molar-refractivity contribution < 1.29 is 13.2 Å². The third kappa shape index (κ3) is 4.81. The van der Waals surface area contributed by atoms with E-state index in [1.807, 2.05) is 26.0 Å². The Morgan fingerprint density at radius 3 is 2.61 bits per heavy atom. The van der Waals surface area contributed by atoms with Gasteiger partial charge in [0.1, 0.15) is 11.8 Å². The summed E-state index contributed by atoms with van der Waals surface area (Å²) in [6.45, 7) is 3.85. The number of sulfonamides is 1. The number of ether oxygens (including phenoxy) is 1. The molecule has 3 aromatic heterocycles. The Kier molecular flexibility index (Phi) is 5.33. The Bertz CT molecular complexity index is 1310. The second kappa shape index (κ2) is 7.96. The largest absolute Gasteiger partial charge is 0.435 e. The topological polar surface area (TPSA) is 118 Å². The molecule has 0 aliphatic heterocycles. The molecule has 0 radical (unpaired) electrons. The zero-order valence-corrected chi connectivity index (χ0v) is 18.2. The number of aromatic nitrogens is 3. The van der Waals surface area contributed by atoms with E-state index in [0.29, 0.717) is 34.2 Å². The molecule has 1 aliphatic rings. The molecular weight excluding hydrogens is 414 g/mol. The van der Waals surface area contributed by atoms with E-state index in [-0.39, 0.29) is 11.6 Å². The number of anilines is 1. The lowest BCUT2D eigenvalue weighted by Crippen LogP contribution is -2.11. The number of nitriles is 1. The molecule has 9 heteroatoms. The van der Waals surface area contributed by atoms with Crippen molar-refractivity contribution in [3.8, 4) is 29.0 Å². The predicted octanol–water partition coefficient (Wildman–Crippen LogP) is 4.07. The maximum absolute atomic E-state index is 11.8. The molecule has 3 aromatic rings. The van der Waals surface area contributed by atoms with Gasteiger partial charge in [-0.1, -0.05) is 0 Å². The van der Waals surface area contributed by atoms with Crippen LogP contribution in [0.2, 0.25) is 0 Å². The van der Waals surface area contributed by atoms with Crippen LogP contribution in [0, 0.1) is 25.2 Å². The number of hydrogen-bond donors (Lipinski definition) is 1. The molecule has 3 heterocycles. The Morgan fingerprint density at radius 1 is 1.16 bits per heavy atom. The van der Waals surface area contributed by atoms with Gasteiger partial charge in [0.05, 0.1) is 23.2 Å². The predicted molar refractivity (Wildman–Crippen MR) is 116 cm³/mol. The molecule has 1 N–H and O–H groups in total. The Labute approximate surface area is 181 Å². The SMILES string of the molecule is Cc1cc(Oc2nc(-c3cncc(C#N)c3)ccc2NS(C)(=O)=O)c(C)nc1C1CC1. The fraction of sp³-hybridized carbons (Fsp3) is 0.273. The highest BCUT2D eigenvalue weighted by Crippen LogP contribution is 2.42. The monoisotopic (exact) mass is 435 g/mol. The first-order valence-electron chi connectivity index (χ1n) is 9.74. The minimum Gasteiger partial charge on any atom is -0.435 e. The van der Waals surface area contributed by atoms with Gasteiger partial charge in [-0.3, -0.25) is 14.7 Å². The molecule has 31 heavy (non-hydrogen) atoms. The van der Waals surface area contributed by atoms with Crippen molar-refractivity contribution in [3.05, 3.63) is 59.2 Å². The molecule has 8 nitrogen and oxygen atoms in total. The summed E-state index contributed by atoms with van der Waals surface area (Å²) in [4.78, 5) is 13.3. The maximum Gasteiger partial charge on any atom is 0.244 e. The van der Waals surface area contributed by atoms with Gasteiger partial charge in [-0.25, -0.2) is 13.4 Å². The van der Waals surface area contributed by atoms with Crippen LogP contribution in [0.4, 0.5) is 5.69 Å². The van der Waals surface area contributed by atoms with Crippen LogP contribution >= 0.6 is 0 Å². The quantitative estimate of drug-likeness (QED) is 0.620. The first-order valence-corrected chi connectivity index (χ1v) is 11.6. The molecule has 4 rings (SSSR count). The molecule has 0 aromatic carbocycles.